The molecule has 0 amide bonds. The lowest BCUT2D eigenvalue weighted by Gasteiger charge is -2.16. The van der Waals surface area contributed by atoms with Gasteiger partial charge in [-0.15, -0.1) is 0 Å². The van der Waals surface area contributed by atoms with E-state index in [0.717, 1.165) is 12.6 Å². The van der Waals surface area contributed by atoms with Crippen molar-refractivity contribution in [1.29, 1.82) is 0 Å². The molecule has 1 aromatic carbocycles. The minimum Gasteiger partial charge on any atom is -0.310 e. The average molecular weight is 285 g/mol. The Morgan fingerprint density at radius 2 is 1.65 bits per heavy atom. The van der Waals surface area contributed by atoms with Crippen LogP contribution in [0.4, 0.5) is 0 Å². The fraction of sp³-hybridized carbons (Fsp3) is 0.444. The molecule has 0 unspecified atom stereocenters. The third-order valence-electron chi connectivity index (χ3n) is 4.26. The second-order valence-electron chi connectivity index (χ2n) is 5.78. The highest BCUT2D eigenvalue weighted by Gasteiger charge is 2.11. The van der Waals surface area contributed by atoms with Crippen LogP contribution in [0.5, 0.6) is 0 Å². The average Bonchev–Trinajstić information content (AvgIpc) is 2.90. The summed E-state index contributed by atoms with van der Waals surface area (Å²) in [5, 5.41) is 8.08. The van der Waals surface area contributed by atoms with E-state index in [-0.39, 0.29) is 0 Å². The summed E-state index contributed by atoms with van der Waals surface area (Å²) >= 11 is 1.76. The SMILES string of the molecule is c1cc(-c2ccc(CNC3CCCCCC3)cc2)cs1. The van der Waals surface area contributed by atoms with Crippen LogP contribution >= 0.6 is 11.3 Å². The summed E-state index contributed by atoms with van der Waals surface area (Å²) in [5.74, 6) is 0. The Kier molecular flexibility index (Phi) is 4.88. The van der Waals surface area contributed by atoms with Gasteiger partial charge in [0.25, 0.3) is 0 Å². The molecule has 1 saturated carbocycles. The topological polar surface area (TPSA) is 12.0 Å². The lowest BCUT2D eigenvalue weighted by molar-refractivity contribution is 0.459. The van der Waals surface area contributed by atoms with Crippen molar-refractivity contribution in [2.45, 2.75) is 51.1 Å². The first-order valence-corrected chi connectivity index (χ1v) is 8.71. The first-order chi connectivity index (χ1) is 9.92. The maximum absolute atomic E-state index is 3.73. The summed E-state index contributed by atoms with van der Waals surface area (Å²) in [6, 6.07) is 11.9. The van der Waals surface area contributed by atoms with Crippen LogP contribution in [0.2, 0.25) is 0 Å². The highest BCUT2D eigenvalue weighted by molar-refractivity contribution is 7.08. The summed E-state index contributed by atoms with van der Waals surface area (Å²) in [6.07, 6.45) is 8.35. The summed E-state index contributed by atoms with van der Waals surface area (Å²) in [5.41, 5.74) is 4.05. The molecule has 1 aliphatic carbocycles. The van der Waals surface area contributed by atoms with E-state index in [0.29, 0.717) is 0 Å². The van der Waals surface area contributed by atoms with Crippen LogP contribution < -0.4 is 5.32 Å². The molecule has 2 heteroatoms. The van der Waals surface area contributed by atoms with Gasteiger partial charge < -0.3 is 5.32 Å². The molecule has 1 heterocycles. The zero-order valence-corrected chi connectivity index (χ0v) is 12.8. The molecule has 2 aromatic rings. The fourth-order valence-corrected chi connectivity index (χ4v) is 3.65. The van der Waals surface area contributed by atoms with Crippen molar-refractivity contribution in [3.8, 4) is 11.1 Å². The lowest BCUT2D eigenvalue weighted by atomic mass is 10.1. The molecule has 1 aliphatic rings. The fourth-order valence-electron chi connectivity index (χ4n) is 2.99. The van der Waals surface area contributed by atoms with E-state index in [9.17, 15) is 0 Å². The summed E-state index contributed by atoms with van der Waals surface area (Å²) in [6.45, 7) is 1.01. The van der Waals surface area contributed by atoms with Crippen molar-refractivity contribution in [3.05, 3.63) is 46.7 Å². The maximum atomic E-state index is 3.73. The largest absolute Gasteiger partial charge is 0.310 e. The van der Waals surface area contributed by atoms with Crippen LogP contribution in [0, 0.1) is 0 Å². The van der Waals surface area contributed by atoms with Gasteiger partial charge in [-0.2, -0.15) is 11.3 Å². The number of thiophene rings is 1. The predicted octanol–water partition coefficient (Wildman–Crippen LogP) is 5.23. The standard InChI is InChI=1S/C18H23NS/c1-2-4-6-18(5-3-1)19-13-15-7-9-16(10-8-15)17-11-12-20-14-17/h7-12,14,18-19H,1-6,13H2. The lowest BCUT2D eigenvalue weighted by Crippen LogP contribution is -2.27. The number of hydrogen-bond acceptors (Lipinski definition) is 2. The minimum atomic E-state index is 0.731. The number of nitrogens with one attached hydrogen (secondary N) is 1. The number of benzene rings is 1. The normalized spacial score (nSPS) is 17.0. The molecule has 1 aromatic heterocycles. The highest BCUT2D eigenvalue weighted by Crippen LogP contribution is 2.22. The number of rotatable bonds is 4. The van der Waals surface area contributed by atoms with E-state index < -0.39 is 0 Å². The quantitative estimate of drug-likeness (QED) is 0.759. The first kappa shape index (κ1) is 13.8. The molecular formula is C18H23NS. The van der Waals surface area contributed by atoms with E-state index in [1.54, 1.807) is 11.3 Å². The van der Waals surface area contributed by atoms with E-state index in [4.69, 9.17) is 0 Å². The maximum Gasteiger partial charge on any atom is 0.0208 e. The van der Waals surface area contributed by atoms with Gasteiger partial charge in [0, 0.05) is 12.6 Å². The molecule has 3 rings (SSSR count). The van der Waals surface area contributed by atoms with Crippen LogP contribution in [0.25, 0.3) is 11.1 Å². The number of hydrogen-bond donors (Lipinski definition) is 1. The molecule has 0 bridgehead atoms. The Balaban J connectivity index is 1.55. The van der Waals surface area contributed by atoms with E-state index in [2.05, 4.69) is 46.4 Å². The van der Waals surface area contributed by atoms with Crippen LogP contribution in [0.3, 0.4) is 0 Å². The summed E-state index contributed by atoms with van der Waals surface area (Å²) in [7, 11) is 0. The van der Waals surface area contributed by atoms with E-state index >= 15 is 0 Å². The Labute approximate surface area is 126 Å². The van der Waals surface area contributed by atoms with Crippen molar-refractivity contribution >= 4 is 11.3 Å². The monoisotopic (exact) mass is 285 g/mol. The molecule has 1 nitrogen and oxygen atoms in total. The second kappa shape index (κ2) is 7.05. The van der Waals surface area contributed by atoms with Crippen molar-refractivity contribution < 1.29 is 0 Å². The van der Waals surface area contributed by atoms with Gasteiger partial charge in [-0.1, -0.05) is 49.9 Å². The Morgan fingerprint density at radius 3 is 2.30 bits per heavy atom. The molecule has 0 radical (unpaired) electrons. The third-order valence-corrected chi connectivity index (χ3v) is 4.94. The first-order valence-electron chi connectivity index (χ1n) is 7.77. The van der Waals surface area contributed by atoms with Crippen LogP contribution in [0.15, 0.2) is 41.1 Å². The molecule has 0 spiro atoms. The summed E-state index contributed by atoms with van der Waals surface area (Å²) < 4.78 is 0. The van der Waals surface area contributed by atoms with Gasteiger partial charge in [0.05, 0.1) is 0 Å². The molecule has 1 N–H and O–H groups in total. The predicted molar refractivity (Wildman–Crippen MR) is 88.1 cm³/mol. The molecular weight excluding hydrogens is 262 g/mol. The van der Waals surface area contributed by atoms with Crippen molar-refractivity contribution in [2.24, 2.45) is 0 Å². The van der Waals surface area contributed by atoms with Crippen molar-refractivity contribution in [3.63, 3.8) is 0 Å². The Bertz CT molecular complexity index is 493. The molecule has 1 fully saturated rings. The smallest absolute Gasteiger partial charge is 0.0208 e. The third kappa shape index (κ3) is 3.71. The Morgan fingerprint density at radius 1 is 0.900 bits per heavy atom. The molecule has 0 atom stereocenters. The summed E-state index contributed by atoms with van der Waals surface area (Å²) in [4.78, 5) is 0. The van der Waals surface area contributed by atoms with Crippen LogP contribution in [0.1, 0.15) is 44.1 Å². The van der Waals surface area contributed by atoms with Gasteiger partial charge in [0.1, 0.15) is 0 Å². The molecule has 0 aliphatic heterocycles. The minimum absolute atomic E-state index is 0.731. The molecule has 0 saturated heterocycles. The van der Waals surface area contributed by atoms with Gasteiger partial charge in [-0.05, 0) is 46.4 Å². The van der Waals surface area contributed by atoms with Gasteiger partial charge in [0.15, 0.2) is 0 Å². The Hall–Kier alpha value is -1.12. The van der Waals surface area contributed by atoms with Crippen LogP contribution in [-0.2, 0) is 6.54 Å². The highest BCUT2D eigenvalue weighted by atomic mass is 32.1. The zero-order chi connectivity index (χ0) is 13.6. The molecule has 20 heavy (non-hydrogen) atoms. The van der Waals surface area contributed by atoms with Crippen molar-refractivity contribution in [2.75, 3.05) is 0 Å². The van der Waals surface area contributed by atoms with E-state index in [1.807, 2.05) is 0 Å². The van der Waals surface area contributed by atoms with Crippen molar-refractivity contribution in [1.82, 2.24) is 5.32 Å². The van der Waals surface area contributed by atoms with Gasteiger partial charge in [-0.25, -0.2) is 0 Å². The van der Waals surface area contributed by atoms with E-state index in [1.165, 1.54) is 55.2 Å². The van der Waals surface area contributed by atoms with Gasteiger partial charge >= 0.3 is 0 Å². The molecule has 106 valence electrons. The van der Waals surface area contributed by atoms with Gasteiger partial charge in [0.2, 0.25) is 0 Å². The second-order valence-corrected chi connectivity index (χ2v) is 6.56. The van der Waals surface area contributed by atoms with Crippen LogP contribution in [-0.4, -0.2) is 6.04 Å². The van der Waals surface area contributed by atoms with Gasteiger partial charge in [-0.3, -0.25) is 0 Å². The zero-order valence-electron chi connectivity index (χ0n) is 12.0.